The van der Waals surface area contributed by atoms with Crippen LogP contribution in [0.5, 0.6) is 0 Å². The Morgan fingerprint density at radius 3 is 2.09 bits per heavy atom. The third-order valence-corrected chi connectivity index (χ3v) is 3.61. The molecule has 0 fully saturated rings. The van der Waals surface area contributed by atoms with Gasteiger partial charge in [-0.1, -0.05) is 52.2 Å². The second kappa shape index (κ2) is 15.3. The molecule has 0 aromatic rings. The highest BCUT2D eigenvalue weighted by Gasteiger charge is 2.12. The molecule has 1 atom stereocenters. The van der Waals surface area contributed by atoms with E-state index in [-0.39, 0.29) is 11.9 Å². The minimum absolute atomic E-state index is 0.0255. The number of primary amides is 1. The average molecular weight is 325 g/mol. The number of hydrogen-bond acceptors (Lipinski definition) is 3. The lowest BCUT2D eigenvalue weighted by molar-refractivity contribution is -0.116. The molecule has 0 saturated heterocycles. The molecule has 134 valence electrons. The zero-order valence-corrected chi connectivity index (χ0v) is 15.4. The van der Waals surface area contributed by atoms with Crippen LogP contribution in [0.2, 0.25) is 0 Å². The average Bonchev–Trinajstić information content (AvgIpc) is 2.52. The Morgan fingerprint density at radius 1 is 1.17 bits per heavy atom. The number of carbonyl (C=O) groups is 2. The van der Waals surface area contributed by atoms with Crippen molar-refractivity contribution in [2.45, 2.75) is 58.4 Å². The molecule has 0 aliphatic heterocycles. The van der Waals surface area contributed by atoms with Crippen molar-refractivity contribution in [1.82, 2.24) is 10.2 Å². The van der Waals surface area contributed by atoms with Gasteiger partial charge in [0, 0.05) is 18.2 Å². The summed E-state index contributed by atoms with van der Waals surface area (Å²) >= 11 is 0. The normalized spacial score (nSPS) is 11.2. The predicted octanol–water partition coefficient (Wildman–Crippen LogP) is 2.63. The van der Waals surface area contributed by atoms with Gasteiger partial charge < -0.3 is 16.0 Å². The molecule has 0 aromatic carbocycles. The molecular weight excluding hydrogens is 290 g/mol. The second-order valence-electron chi connectivity index (χ2n) is 5.79. The first-order valence-electron chi connectivity index (χ1n) is 8.33. The van der Waals surface area contributed by atoms with Gasteiger partial charge in [0.05, 0.1) is 0 Å². The summed E-state index contributed by atoms with van der Waals surface area (Å²) in [4.78, 5) is 23.1. The third-order valence-electron chi connectivity index (χ3n) is 3.61. The van der Waals surface area contributed by atoms with Crippen molar-refractivity contribution in [3.63, 3.8) is 0 Å². The highest BCUT2D eigenvalue weighted by Crippen LogP contribution is 2.04. The van der Waals surface area contributed by atoms with E-state index in [4.69, 9.17) is 5.73 Å². The lowest BCUT2D eigenvalue weighted by Crippen LogP contribution is -2.32. The standard InChI is InChI=1S/C11H21NO.C7H14N2O/c1-3-5-6-7-8-9-10-12-11(13)4-2;1-5(7(8)10)6(2)9(3)4/h4H,2-3,5-10H2,1H3,(H,12,13);6H,1H2,2-4H3,(H2,8,10). The van der Waals surface area contributed by atoms with E-state index in [9.17, 15) is 9.59 Å². The Morgan fingerprint density at radius 2 is 1.70 bits per heavy atom. The summed E-state index contributed by atoms with van der Waals surface area (Å²) in [5, 5.41) is 2.77. The first-order chi connectivity index (χ1) is 10.8. The largest absolute Gasteiger partial charge is 0.366 e. The van der Waals surface area contributed by atoms with Crippen molar-refractivity contribution in [2.24, 2.45) is 5.73 Å². The fourth-order valence-electron chi connectivity index (χ4n) is 1.71. The van der Waals surface area contributed by atoms with E-state index in [0.29, 0.717) is 5.57 Å². The molecule has 1 unspecified atom stereocenters. The summed E-state index contributed by atoms with van der Waals surface area (Å²) in [6.45, 7) is 11.8. The minimum Gasteiger partial charge on any atom is -0.366 e. The number of nitrogens with two attached hydrogens (primary N) is 1. The number of rotatable bonds is 11. The molecule has 0 rings (SSSR count). The number of nitrogens with zero attached hydrogens (tertiary/aromatic N) is 1. The van der Waals surface area contributed by atoms with E-state index in [1.807, 2.05) is 25.9 Å². The monoisotopic (exact) mass is 325 g/mol. The zero-order valence-electron chi connectivity index (χ0n) is 15.4. The van der Waals surface area contributed by atoms with Crippen molar-refractivity contribution in [2.75, 3.05) is 20.6 Å². The number of unbranched alkanes of at least 4 members (excludes halogenated alkanes) is 5. The Balaban J connectivity index is 0. The van der Waals surface area contributed by atoms with Crippen LogP contribution in [0.1, 0.15) is 52.4 Å². The van der Waals surface area contributed by atoms with Gasteiger partial charge in [-0.2, -0.15) is 0 Å². The van der Waals surface area contributed by atoms with Crippen LogP contribution in [0.25, 0.3) is 0 Å². The molecule has 0 radical (unpaired) electrons. The number of carbonyl (C=O) groups excluding carboxylic acids is 2. The van der Waals surface area contributed by atoms with Gasteiger partial charge >= 0.3 is 0 Å². The molecule has 0 aliphatic carbocycles. The summed E-state index contributed by atoms with van der Waals surface area (Å²) < 4.78 is 0. The van der Waals surface area contributed by atoms with Crippen LogP contribution in [-0.2, 0) is 9.59 Å². The predicted molar refractivity (Wildman–Crippen MR) is 98.1 cm³/mol. The maximum Gasteiger partial charge on any atom is 0.245 e. The molecule has 0 aliphatic rings. The summed E-state index contributed by atoms with van der Waals surface area (Å²) in [5.41, 5.74) is 5.46. The maximum atomic E-state index is 10.7. The molecule has 0 heterocycles. The summed E-state index contributed by atoms with van der Waals surface area (Å²) in [6, 6.07) is 0.0255. The Hall–Kier alpha value is -1.62. The highest BCUT2D eigenvalue weighted by atomic mass is 16.1. The van der Waals surface area contributed by atoms with E-state index < -0.39 is 5.91 Å². The molecule has 5 nitrogen and oxygen atoms in total. The minimum atomic E-state index is -0.429. The maximum absolute atomic E-state index is 10.7. The number of hydrogen-bond donors (Lipinski definition) is 2. The van der Waals surface area contributed by atoms with Gasteiger partial charge in [0.2, 0.25) is 11.8 Å². The topological polar surface area (TPSA) is 75.4 Å². The van der Waals surface area contributed by atoms with E-state index in [0.717, 1.165) is 13.0 Å². The molecule has 3 N–H and O–H groups in total. The highest BCUT2D eigenvalue weighted by molar-refractivity contribution is 5.92. The Kier molecular flexibility index (Phi) is 15.7. The van der Waals surface area contributed by atoms with Gasteiger partial charge in [-0.3, -0.25) is 9.59 Å². The molecule has 0 spiro atoms. The van der Waals surface area contributed by atoms with Crippen LogP contribution >= 0.6 is 0 Å². The van der Waals surface area contributed by atoms with Crippen molar-refractivity contribution < 1.29 is 9.59 Å². The molecule has 23 heavy (non-hydrogen) atoms. The van der Waals surface area contributed by atoms with Crippen molar-refractivity contribution in [3.8, 4) is 0 Å². The van der Waals surface area contributed by atoms with Crippen LogP contribution in [0, 0.1) is 0 Å². The molecule has 5 heteroatoms. The molecule has 0 saturated carbocycles. The van der Waals surface area contributed by atoms with Gasteiger partial charge in [0.1, 0.15) is 0 Å². The van der Waals surface area contributed by atoms with E-state index in [1.54, 1.807) is 0 Å². The van der Waals surface area contributed by atoms with Crippen molar-refractivity contribution in [3.05, 3.63) is 24.8 Å². The Labute approximate surface area is 142 Å². The van der Waals surface area contributed by atoms with Gasteiger partial charge in [-0.15, -0.1) is 0 Å². The van der Waals surface area contributed by atoms with Gasteiger partial charge in [-0.05, 0) is 33.5 Å². The van der Waals surface area contributed by atoms with Crippen LogP contribution in [0.15, 0.2) is 24.8 Å². The van der Waals surface area contributed by atoms with Crippen LogP contribution in [-0.4, -0.2) is 43.4 Å². The zero-order chi connectivity index (χ0) is 18.3. The first kappa shape index (κ1) is 23.6. The number of amides is 2. The summed E-state index contributed by atoms with van der Waals surface area (Å²) in [7, 11) is 3.75. The lowest BCUT2D eigenvalue weighted by atomic mass is 10.1. The van der Waals surface area contributed by atoms with E-state index in [2.05, 4.69) is 25.4 Å². The molecule has 0 bridgehead atoms. The molecule has 0 aromatic heterocycles. The lowest BCUT2D eigenvalue weighted by Gasteiger charge is -2.19. The molecule has 2 amide bonds. The summed E-state index contributed by atoms with van der Waals surface area (Å²) in [5.74, 6) is -0.491. The SMILES string of the molecule is C=C(C(N)=O)C(C)N(C)C.C=CC(=O)NCCCCCCCC. The van der Waals surface area contributed by atoms with Gasteiger partial charge in [-0.25, -0.2) is 0 Å². The van der Waals surface area contributed by atoms with Gasteiger partial charge in [0.15, 0.2) is 0 Å². The third kappa shape index (κ3) is 15.1. The molecular formula is C18H35N3O2. The number of nitrogens with one attached hydrogen (secondary N) is 1. The van der Waals surface area contributed by atoms with Crippen molar-refractivity contribution >= 4 is 11.8 Å². The first-order valence-corrected chi connectivity index (χ1v) is 8.33. The van der Waals surface area contributed by atoms with E-state index in [1.165, 1.54) is 38.2 Å². The van der Waals surface area contributed by atoms with Crippen LogP contribution in [0.3, 0.4) is 0 Å². The van der Waals surface area contributed by atoms with Crippen LogP contribution in [0.4, 0.5) is 0 Å². The van der Waals surface area contributed by atoms with E-state index >= 15 is 0 Å². The second-order valence-corrected chi connectivity index (χ2v) is 5.79. The van der Waals surface area contributed by atoms with Gasteiger partial charge in [0.25, 0.3) is 0 Å². The van der Waals surface area contributed by atoms with Crippen LogP contribution < -0.4 is 11.1 Å². The smallest absolute Gasteiger partial charge is 0.245 e. The summed E-state index contributed by atoms with van der Waals surface area (Å²) in [6.07, 6.45) is 8.85. The quantitative estimate of drug-likeness (QED) is 0.453. The Bertz CT molecular complexity index is 365. The fraction of sp³-hybridized carbons (Fsp3) is 0.667. The van der Waals surface area contributed by atoms with Crippen molar-refractivity contribution in [1.29, 1.82) is 0 Å². The number of likely N-dealkylation sites (N-methyl/N-ethyl adjacent to an activating group) is 1. The fourth-order valence-corrected chi connectivity index (χ4v) is 1.71.